The van der Waals surface area contributed by atoms with E-state index in [1.54, 1.807) is 0 Å². The van der Waals surface area contributed by atoms with Crippen LogP contribution in [-0.2, 0) is 6.42 Å². The molecule has 0 aromatic heterocycles. The highest BCUT2D eigenvalue weighted by Crippen LogP contribution is 2.56. The standard InChI is InChI=1S/C29H23N/c1-15-12-16(2)24-27-21-10-6-7-11-22(21)30-29(27)26-20-9-5-4-8-18(20)14-19-13-17(3)23(15)28(24)25(19)26/h4-13,26-27H,14H2,1-3H3. The van der Waals surface area contributed by atoms with E-state index in [0.717, 1.165) is 12.1 Å². The van der Waals surface area contributed by atoms with Crippen molar-refractivity contribution in [3.05, 3.63) is 111 Å². The van der Waals surface area contributed by atoms with E-state index >= 15 is 0 Å². The third-order valence-corrected chi connectivity index (χ3v) is 7.59. The molecular weight excluding hydrogens is 362 g/mol. The number of aryl methyl sites for hydroxylation is 3. The number of fused-ring (bicyclic) bond motifs is 7. The summed E-state index contributed by atoms with van der Waals surface area (Å²) < 4.78 is 0. The predicted molar refractivity (Wildman–Crippen MR) is 125 cm³/mol. The summed E-state index contributed by atoms with van der Waals surface area (Å²) in [7, 11) is 0. The zero-order valence-electron chi connectivity index (χ0n) is 17.6. The minimum Gasteiger partial charge on any atom is -0.256 e. The van der Waals surface area contributed by atoms with Crippen LogP contribution in [0.25, 0.3) is 10.8 Å². The van der Waals surface area contributed by atoms with Gasteiger partial charge in [0, 0.05) is 11.6 Å². The fourth-order valence-electron chi connectivity index (χ4n) is 6.59. The number of hydrogen-bond donors (Lipinski definition) is 0. The van der Waals surface area contributed by atoms with Gasteiger partial charge in [0.1, 0.15) is 0 Å². The van der Waals surface area contributed by atoms with E-state index in [0.29, 0.717) is 0 Å². The third-order valence-electron chi connectivity index (χ3n) is 7.59. The van der Waals surface area contributed by atoms with Gasteiger partial charge in [0.15, 0.2) is 0 Å². The molecule has 30 heavy (non-hydrogen) atoms. The Hall–Kier alpha value is -3.19. The average molecular weight is 386 g/mol. The first-order valence-corrected chi connectivity index (χ1v) is 10.9. The highest BCUT2D eigenvalue weighted by molar-refractivity contribution is 6.16. The van der Waals surface area contributed by atoms with Crippen LogP contribution in [0.1, 0.15) is 61.9 Å². The van der Waals surface area contributed by atoms with Gasteiger partial charge in [-0.05, 0) is 94.1 Å². The van der Waals surface area contributed by atoms with Gasteiger partial charge in [-0.1, -0.05) is 54.6 Å². The molecular formula is C29H23N. The van der Waals surface area contributed by atoms with Gasteiger partial charge in [0.25, 0.3) is 0 Å². The quantitative estimate of drug-likeness (QED) is 0.308. The van der Waals surface area contributed by atoms with Crippen molar-refractivity contribution in [2.75, 3.05) is 0 Å². The lowest BCUT2D eigenvalue weighted by atomic mass is 9.64. The predicted octanol–water partition coefficient (Wildman–Crippen LogP) is 7.03. The molecule has 0 N–H and O–H groups in total. The van der Waals surface area contributed by atoms with Crippen LogP contribution in [0.2, 0.25) is 0 Å². The van der Waals surface area contributed by atoms with Crippen LogP contribution in [0.4, 0.5) is 5.69 Å². The Morgan fingerprint density at radius 1 is 0.667 bits per heavy atom. The van der Waals surface area contributed by atoms with Crippen LogP contribution in [0, 0.1) is 20.8 Å². The summed E-state index contributed by atoms with van der Waals surface area (Å²) in [4.78, 5) is 5.29. The average Bonchev–Trinajstić information content (AvgIpc) is 3.12. The Bertz CT molecular complexity index is 1450. The molecule has 2 unspecified atom stereocenters. The number of benzene rings is 4. The maximum absolute atomic E-state index is 5.29. The molecule has 0 fully saturated rings. The molecule has 0 bridgehead atoms. The largest absolute Gasteiger partial charge is 0.256 e. The normalized spacial score (nSPS) is 19.9. The number of para-hydroxylation sites is 1. The summed E-state index contributed by atoms with van der Waals surface area (Å²) in [5.74, 6) is 0.529. The fraction of sp³-hybridized carbons (Fsp3) is 0.207. The number of hydrogen-bond acceptors (Lipinski definition) is 1. The Kier molecular flexibility index (Phi) is 3.03. The van der Waals surface area contributed by atoms with Gasteiger partial charge in [-0.25, -0.2) is 0 Å². The van der Waals surface area contributed by atoms with Crippen molar-refractivity contribution in [1.29, 1.82) is 0 Å². The summed E-state index contributed by atoms with van der Waals surface area (Å²) in [6.07, 6.45) is 1.02. The SMILES string of the molecule is Cc1cc(C)c2c(C)cc3c4c2c1C1C(=Nc2ccccc21)C4c1ccccc1C3. The molecule has 0 amide bonds. The second-order valence-corrected chi connectivity index (χ2v) is 9.28. The van der Waals surface area contributed by atoms with Crippen LogP contribution in [0.3, 0.4) is 0 Å². The van der Waals surface area contributed by atoms with Gasteiger partial charge in [-0.3, -0.25) is 4.99 Å². The summed E-state index contributed by atoms with van der Waals surface area (Å²) in [5, 5.41) is 2.98. The zero-order valence-corrected chi connectivity index (χ0v) is 17.6. The summed E-state index contributed by atoms with van der Waals surface area (Å²) in [6, 6.07) is 22.6. The van der Waals surface area contributed by atoms with Crippen LogP contribution in [-0.4, -0.2) is 5.71 Å². The van der Waals surface area contributed by atoms with E-state index < -0.39 is 0 Å². The molecule has 1 heterocycles. The molecule has 0 spiro atoms. The smallest absolute Gasteiger partial charge is 0.0671 e. The van der Waals surface area contributed by atoms with E-state index in [-0.39, 0.29) is 11.8 Å². The molecule has 4 aromatic carbocycles. The molecule has 3 aliphatic rings. The van der Waals surface area contributed by atoms with Crippen LogP contribution in [0.5, 0.6) is 0 Å². The first-order valence-electron chi connectivity index (χ1n) is 10.9. The maximum atomic E-state index is 5.29. The first-order chi connectivity index (χ1) is 14.6. The number of rotatable bonds is 0. The second-order valence-electron chi connectivity index (χ2n) is 9.28. The maximum Gasteiger partial charge on any atom is 0.0671 e. The van der Waals surface area contributed by atoms with Gasteiger partial charge < -0.3 is 0 Å². The van der Waals surface area contributed by atoms with Crippen molar-refractivity contribution in [2.45, 2.75) is 39.0 Å². The second kappa shape index (κ2) is 5.49. The number of nitrogens with zero attached hydrogens (tertiary/aromatic N) is 1. The highest BCUT2D eigenvalue weighted by Gasteiger charge is 2.44. The fourth-order valence-corrected chi connectivity index (χ4v) is 6.59. The zero-order chi connectivity index (χ0) is 20.1. The molecule has 0 saturated carbocycles. The third kappa shape index (κ3) is 1.87. The topological polar surface area (TPSA) is 12.4 Å². The minimum atomic E-state index is 0.263. The van der Waals surface area contributed by atoms with Crippen molar-refractivity contribution in [2.24, 2.45) is 4.99 Å². The monoisotopic (exact) mass is 385 g/mol. The summed E-state index contributed by atoms with van der Waals surface area (Å²) in [6.45, 7) is 6.87. The molecule has 144 valence electrons. The van der Waals surface area contributed by atoms with Gasteiger partial charge >= 0.3 is 0 Å². The van der Waals surface area contributed by atoms with E-state index in [2.05, 4.69) is 81.4 Å². The van der Waals surface area contributed by atoms with Crippen molar-refractivity contribution < 1.29 is 0 Å². The summed E-state index contributed by atoms with van der Waals surface area (Å²) >= 11 is 0. The lowest BCUT2D eigenvalue weighted by Gasteiger charge is -2.39. The van der Waals surface area contributed by atoms with Gasteiger partial charge in [0.05, 0.1) is 11.6 Å². The molecule has 2 atom stereocenters. The van der Waals surface area contributed by atoms with Crippen molar-refractivity contribution in [3.8, 4) is 0 Å². The van der Waals surface area contributed by atoms with E-state index in [9.17, 15) is 0 Å². The molecule has 0 saturated heterocycles. The van der Waals surface area contributed by atoms with E-state index in [4.69, 9.17) is 4.99 Å². The lowest BCUT2D eigenvalue weighted by Crippen LogP contribution is -2.30. The van der Waals surface area contributed by atoms with Gasteiger partial charge in [-0.15, -0.1) is 0 Å². The molecule has 1 nitrogen and oxygen atoms in total. The van der Waals surface area contributed by atoms with E-state index in [1.807, 2.05) is 0 Å². The van der Waals surface area contributed by atoms with Crippen LogP contribution >= 0.6 is 0 Å². The summed E-state index contributed by atoms with van der Waals surface area (Å²) in [5.41, 5.74) is 15.5. The Morgan fingerprint density at radius 2 is 1.37 bits per heavy atom. The minimum absolute atomic E-state index is 0.263. The number of aliphatic imine (C=N–C) groups is 1. The van der Waals surface area contributed by atoms with Gasteiger partial charge in [-0.2, -0.15) is 0 Å². The Balaban J connectivity index is 1.72. The van der Waals surface area contributed by atoms with Crippen molar-refractivity contribution in [3.63, 3.8) is 0 Å². The molecule has 7 rings (SSSR count). The first kappa shape index (κ1) is 16.6. The Morgan fingerprint density at radius 3 is 2.23 bits per heavy atom. The lowest BCUT2D eigenvalue weighted by molar-refractivity contribution is 0.898. The highest BCUT2D eigenvalue weighted by atomic mass is 14.8. The Labute approximate surface area is 177 Å². The molecule has 0 radical (unpaired) electrons. The van der Waals surface area contributed by atoms with E-state index in [1.165, 1.54) is 66.6 Å². The van der Waals surface area contributed by atoms with Crippen molar-refractivity contribution >= 4 is 22.2 Å². The van der Waals surface area contributed by atoms with Gasteiger partial charge in [0.2, 0.25) is 0 Å². The molecule has 4 aromatic rings. The van der Waals surface area contributed by atoms with Crippen molar-refractivity contribution in [1.82, 2.24) is 0 Å². The molecule has 2 aliphatic carbocycles. The van der Waals surface area contributed by atoms with Crippen LogP contribution < -0.4 is 0 Å². The van der Waals surface area contributed by atoms with Crippen LogP contribution in [0.15, 0.2) is 65.7 Å². The molecule has 1 heteroatoms. The molecule has 1 aliphatic heterocycles.